The second kappa shape index (κ2) is 8.27. The van der Waals surface area contributed by atoms with Crippen molar-refractivity contribution in [3.63, 3.8) is 0 Å². The highest BCUT2D eigenvalue weighted by Gasteiger charge is 2.53. The van der Waals surface area contributed by atoms with E-state index < -0.39 is 35.4 Å². The number of para-hydroxylation sites is 1. The molecule has 2 aromatic rings. The summed E-state index contributed by atoms with van der Waals surface area (Å²) in [7, 11) is 0. The van der Waals surface area contributed by atoms with Crippen LogP contribution in [0.25, 0.3) is 0 Å². The fourth-order valence-corrected chi connectivity index (χ4v) is 5.27. The summed E-state index contributed by atoms with van der Waals surface area (Å²) < 4.78 is 0. The number of hydrogen-bond donors (Lipinski definition) is 3. The molecule has 31 heavy (non-hydrogen) atoms. The summed E-state index contributed by atoms with van der Waals surface area (Å²) in [6.45, 7) is 2.00. The van der Waals surface area contributed by atoms with Crippen molar-refractivity contribution in [2.45, 2.75) is 56.5 Å². The van der Waals surface area contributed by atoms with Gasteiger partial charge in [-0.2, -0.15) is 0 Å². The summed E-state index contributed by atoms with van der Waals surface area (Å²) in [5.74, 6) is -3.25. The number of nitrogens with one attached hydrogen (secondary N) is 1. The minimum absolute atomic E-state index is 0.00254. The van der Waals surface area contributed by atoms with Crippen LogP contribution in [0.15, 0.2) is 48.5 Å². The maximum absolute atomic E-state index is 13.0. The zero-order valence-corrected chi connectivity index (χ0v) is 17.6. The van der Waals surface area contributed by atoms with E-state index in [0.717, 1.165) is 42.5 Å². The van der Waals surface area contributed by atoms with Crippen LogP contribution >= 0.6 is 0 Å². The van der Waals surface area contributed by atoms with Gasteiger partial charge in [-0.15, -0.1) is 0 Å². The Labute approximate surface area is 181 Å². The molecule has 2 aromatic carbocycles. The first-order chi connectivity index (χ1) is 14.8. The van der Waals surface area contributed by atoms with Crippen molar-refractivity contribution in [1.29, 1.82) is 0 Å². The van der Waals surface area contributed by atoms with Crippen molar-refractivity contribution in [3.8, 4) is 0 Å². The molecule has 0 bridgehead atoms. The molecular weight excluding hydrogens is 392 g/mol. The lowest BCUT2D eigenvalue weighted by atomic mass is 9.66. The summed E-state index contributed by atoms with van der Waals surface area (Å²) in [4.78, 5) is 38.2. The quantitative estimate of drug-likeness (QED) is 0.467. The summed E-state index contributed by atoms with van der Waals surface area (Å²) in [6.07, 6.45) is 3.04. The lowest BCUT2D eigenvalue weighted by Gasteiger charge is -2.44. The molecule has 6 heteroatoms. The fourth-order valence-electron chi connectivity index (χ4n) is 5.27. The van der Waals surface area contributed by atoms with Gasteiger partial charge >= 0.3 is 5.97 Å². The molecule has 0 spiro atoms. The Balaban J connectivity index is 1.67. The number of aliphatic carboxylic acids is 1. The smallest absolute Gasteiger partial charge is 0.324 e. The first-order valence-corrected chi connectivity index (χ1v) is 10.9. The highest BCUT2D eigenvalue weighted by atomic mass is 16.4. The number of carbonyl (C=O) groups excluding carboxylic acids is 2. The number of hydrogen-bond acceptors (Lipinski definition) is 5. The number of benzene rings is 2. The van der Waals surface area contributed by atoms with Crippen molar-refractivity contribution in [2.75, 3.05) is 5.32 Å². The maximum Gasteiger partial charge on any atom is 0.324 e. The van der Waals surface area contributed by atoms with E-state index in [-0.39, 0.29) is 17.5 Å². The lowest BCUT2D eigenvalue weighted by molar-refractivity contribution is -0.146. The predicted molar refractivity (Wildman–Crippen MR) is 118 cm³/mol. The van der Waals surface area contributed by atoms with Gasteiger partial charge in [0.05, 0.1) is 0 Å². The minimum Gasteiger partial charge on any atom is -0.480 e. The van der Waals surface area contributed by atoms with E-state index in [4.69, 9.17) is 5.73 Å². The van der Waals surface area contributed by atoms with E-state index in [1.54, 1.807) is 24.3 Å². The zero-order chi connectivity index (χ0) is 22.2. The molecule has 2 aliphatic rings. The van der Waals surface area contributed by atoms with Gasteiger partial charge in [-0.25, -0.2) is 0 Å². The number of nitrogens with two attached hydrogens (primary N) is 1. The van der Waals surface area contributed by atoms with E-state index in [9.17, 15) is 19.5 Å². The van der Waals surface area contributed by atoms with Crippen LogP contribution in [0, 0.1) is 5.92 Å². The maximum atomic E-state index is 13.0. The Morgan fingerprint density at radius 3 is 2.48 bits per heavy atom. The third-order valence-corrected chi connectivity index (χ3v) is 6.92. The molecule has 0 saturated heterocycles. The molecule has 4 rings (SSSR count). The molecule has 1 fully saturated rings. The standard InChI is InChI=1S/C25H28N2O4/c1-2-15-10-12-16(13-11-15)23(29)21(28)14-25(26,24(30)31)22-17-6-3-4-8-19(17)27-20-9-5-7-18(20)22/h3-4,6,8,10-13,18,20,22,27H,2,5,7,9,14,26H2,1H3,(H,30,31). The van der Waals surface area contributed by atoms with E-state index in [1.165, 1.54) is 0 Å². The molecular formula is C25H28N2O4. The van der Waals surface area contributed by atoms with E-state index in [1.807, 2.05) is 31.2 Å². The topological polar surface area (TPSA) is 109 Å². The van der Waals surface area contributed by atoms with Gasteiger partial charge in [0.1, 0.15) is 5.54 Å². The predicted octanol–water partition coefficient (Wildman–Crippen LogP) is 3.55. The number of carboxylic acids is 1. The van der Waals surface area contributed by atoms with Crippen LogP contribution in [0.3, 0.4) is 0 Å². The highest BCUT2D eigenvalue weighted by Crippen LogP contribution is 2.50. The van der Waals surface area contributed by atoms with Crippen LogP contribution in [-0.4, -0.2) is 34.2 Å². The molecule has 4 unspecified atom stereocenters. The van der Waals surface area contributed by atoms with Gasteiger partial charge in [0.2, 0.25) is 11.6 Å². The Hall–Kier alpha value is -2.99. The van der Waals surface area contributed by atoms with Gasteiger partial charge in [0.25, 0.3) is 0 Å². The average molecular weight is 421 g/mol. The number of fused-ring (bicyclic) bond motifs is 2. The summed E-state index contributed by atoms with van der Waals surface area (Å²) in [5.41, 5.74) is 7.68. The third-order valence-electron chi connectivity index (χ3n) is 6.92. The Kier molecular flexibility index (Phi) is 5.67. The number of anilines is 1. The van der Waals surface area contributed by atoms with Crippen LogP contribution in [0.4, 0.5) is 5.69 Å². The summed E-state index contributed by atoms with van der Waals surface area (Å²) in [6, 6.07) is 14.5. The zero-order valence-electron chi connectivity index (χ0n) is 17.6. The highest BCUT2D eigenvalue weighted by molar-refractivity contribution is 6.44. The number of Topliss-reactive ketones (excluding diaryl/α,β-unsaturated/α-hetero) is 2. The Bertz CT molecular complexity index is 1020. The average Bonchev–Trinajstić information content (AvgIpc) is 3.24. The SMILES string of the molecule is CCc1ccc(C(=O)C(=O)CC(N)(C(=O)O)C2c3ccccc3NC3CCCC32)cc1. The molecule has 4 atom stereocenters. The molecule has 0 radical (unpaired) electrons. The Morgan fingerprint density at radius 2 is 1.81 bits per heavy atom. The van der Waals surface area contributed by atoms with Crippen molar-refractivity contribution in [2.24, 2.45) is 11.7 Å². The van der Waals surface area contributed by atoms with Crippen LogP contribution in [-0.2, 0) is 16.0 Å². The normalized spacial score (nSPS) is 23.7. The van der Waals surface area contributed by atoms with Crippen molar-refractivity contribution in [1.82, 2.24) is 0 Å². The molecule has 6 nitrogen and oxygen atoms in total. The number of ketones is 2. The molecule has 1 aliphatic heterocycles. The number of rotatable bonds is 7. The van der Waals surface area contributed by atoms with Crippen LogP contribution in [0.5, 0.6) is 0 Å². The van der Waals surface area contributed by atoms with Gasteiger partial charge in [-0.05, 0) is 42.4 Å². The molecule has 162 valence electrons. The Morgan fingerprint density at radius 1 is 1.10 bits per heavy atom. The van der Waals surface area contributed by atoms with Crippen molar-refractivity contribution >= 4 is 23.2 Å². The van der Waals surface area contributed by atoms with Crippen molar-refractivity contribution < 1.29 is 19.5 Å². The van der Waals surface area contributed by atoms with Gasteiger partial charge in [0, 0.05) is 29.6 Å². The van der Waals surface area contributed by atoms with Crippen molar-refractivity contribution in [3.05, 3.63) is 65.2 Å². The molecule has 4 N–H and O–H groups in total. The van der Waals surface area contributed by atoms with Gasteiger partial charge < -0.3 is 16.2 Å². The minimum atomic E-state index is -1.86. The largest absolute Gasteiger partial charge is 0.480 e. The summed E-state index contributed by atoms with van der Waals surface area (Å²) in [5, 5.41) is 13.7. The van der Waals surface area contributed by atoms with E-state index in [0.29, 0.717) is 0 Å². The van der Waals surface area contributed by atoms with Gasteiger partial charge in [-0.1, -0.05) is 55.8 Å². The van der Waals surface area contributed by atoms with Crippen LogP contribution in [0.2, 0.25) is 0 Å². The van der Waals surface area contributed by atoms with Crippen LogP contribution in [0.1, 0.15) is 60.0 Å². The second-order valence-electron chi connectivity index (χ2n) is 8.74. The first kappa shape index (κ1) is 21.2. The van der Waals surface area contributed by atoms with E-state index >= 15 is 0 Å². The third kappa shape index (κ3) is 3.76. The molecule has 1 saturated carbocycles. The van der Waals surface area contributed by atoms with Crippen LogP contribution < -0.4 is 11.1 Å². The lowest BCUT2D eigenvalue weighted by Crippen LogP contribution is -2.59. The molecule has 1 aliphatic carbocycles. The second-order valence-corrected chi connectivity index (χ2v) is 8.74. The fraction of sp³-hybridized carbons (Fsp3) is 0.400. The molecule has 0 aromatic heterocycles. The number of carbonyl (C=O) groups is 3. The van der Waals surface area contributed by atoms with E-state index in [2.05, 4.69) is 5.32 Å². The monoisotopic (exact) mass is 420 g/mol. The molecule has 1 heterocycles. The summed E-state index contributed by atoms with van der Waals surface area (Å²) >= 11 is 0. The number of carboxylic acid groups (broad SMARTS) is 1. The molecule has 0 amide bonds. The van der Waals surface area contributed by atoms with Gasteiger partial charge in [-0.3, -0.25) is 14.4 Å². The van der Waals surface area contributed by atoms with Gasteiger partial charge in [0.15, 0.2) is 0 Å². The number of aryl methyl sites for hydroxylation is 1. The first-order valence-electron chi connectivity index (χ1n) is 10.9.